The van der Waals surface area contributed by atoms with Crippen molar-refractivity contribution < 1.29 is 0 Å². The maximum Gasteiger partial charge on any atom is 0.0802 e. The van der Waals surface area contributed by atoms with Crippen LogP contribution in [0.1, 0.15) is 34.6 Å². The molecule has 2 rings (SSSR count). The van der Waals surface area contributed by atoms with Crippen LogP contribution in [-0.2, 0) is 0 Å². The first kappa shape index (κ1) is 13.5. The molecular weight excluding hydrogens is 248 g/mol. The average molecular weight is 270 g/mol. The summed E-state index contributed by atoms with van der Waals surface area (Å²) in [5.74, 6) is 2.26. The highest BCUT2D eigenvalue weighted by molar-refractivity contribution is 8.16. The van der Waals surface area contributed by atoms with Crippen molar-refractivity contribution in [2.75, 3.05) is 18.1 Å². The van der Waals surface area contributed by atoms with Crippen LogP contribution < -0.4 is 0 Å². The molecule has 0 bridgehead atoms. The first-order valence-electron chi connectivity index (χ1n) is 6.20. The SMILES string of the molecule is CC(C)(C1=NCCS1)C1=N[C@@H](C(C)(C)C)CS1. The van der Waals surface area contributed by atoms with Gasteiger partial charge in [0.2, 0.25) is 0 Å². The van der Waals surface area contributed by atoms with E-state index in [4.69, 9.17) is 4.99 Å². The van der Waals surface area contributed by atoms with Gasteiger partial charge < -0.3 is 0 Å². The van der Waals surface area contributed by atoms with Crippen LogP contribution in [0.25, 0.3) is 0 Å². The van der Waals surface area contributed by atoms with Gasteiger partial charge in [0.1, 0.15) is 0 Å². The zero-order chi connectivity index (χ0) is 12.7. The molecule has 1 atom stereocenters. The Morgan fingerprint density at radius 2 is 1.76 bits per heavy atom. The monoisotopic (exact) mass is 270 g/mol. The maximum absolute atomic E-state index is 4.96. The third kappa shape index (κ3) is 2.73. The van der Waals surface area contributed by atoms with Gasteiger partial charge in [0, 0.05) is 18.1 Å². The quantitative estimate of drug-likeness (QED) is 0.764. The minimum absolute atomic E-state index is 0.0336. The summed E-state index contributed by atoms with van der Waals surface area (Å²) in [6.07, 6.45) is 0. The molecule has 4 heteroatoms. The summed E-state index contributed by atoms with van der Waals surface area (Å²) in [6.45, 7) is 12.3. The smallest absolute Gasteiger partial charge is 0.0802 e. The number of hydrogen-bond acceptors (Lipinski definition) is 4. The Bertz CT molecular complexity index is 364. The molecule has 0 fully saturated rings. The lowest BCUT2D eigenvalue weighted by Crippen LogP contribution is -2.28. The molecule has 2 aliphatic heterocycles. The topological polar surface area (TPSA) is 24.7 Å². The fraction of sp³-hybridized carbons (Fsp3) is 0.846. The van der Waals surface area contributed by atoms with E-state index in [0.717, 1.165) is 18.1 Å². The van der Waals surface area contributed by atoms with Crippen LogP contribution in [-0.4, -0.2) is 34.2 Å². The number of hydrogen-bond donors (Lipinski definition) is 0. The van der Waals surface area contributed by atoms with Gasteiger partial charge in [-0.25, -0.2) is 0 Å². The van der Waals surface area contributed by atoms with Gasteiger partial charge in [0.25, 0.3) is 0 Å². The van der Waals surface area contributed by atoms with Gasteiger partial charge in [-0.3, -0.25) is 9.98 Å². The molecule has 17 heavy (non-hydrogen) atoms. The molecule has 0 aromatic rings. The van der Waals surface area contributed by atoms with E-state index in [-0.39, 0.29) is 10.8 Å². The van der Waals surface area contributed by atoms with Gasteiger partial charge in [-0.1, -0.05) is 20.8 Å². The summed E-state index contributed by atoms with van der Waals surface area (Å²) in [5, 5.41) is 2.56. The molecule has 0 aliphatic carbocycles. The normalized spacial score (nSPS) is 26.1. The highest BCUT2D eigenvalue weighted by atomic mass is 32.2. The minimum atomic E-state index is 0.0336. The Labute approximate surface area is 113 Å². The van der Waals surface area contributed by atoms with Gasteiger partial charge in [-0.15, -0.1) is 23.5 Å². The fourth-order valence-electron chi connectivity index (χ4n) is 1.96. The zero-order valence-electron chi connectivity index (χ0n) is 11.4. The second kappa shape index (κ2) is 4.61. The number of rotatable bonds is 2. The van der Waals surface area contributed by atoms with Crippen molar-refractivity contribution in [1.82, 2.24) is 0 Å². The largest absolute Gasteiger partial charge is 0.281 e. The van der Waals surface area contributed by atoms with Crippen LogP contribution in [0, 0.1) is 10.8 Å². The van der Waals surface area contributed by atoms with Crippen molar-refractivity contribution in [3.8, 4) is 0 Å². The van der Waals surface area contributed by atoms with E-state index < -0.39 is 0 Å². The van der Waals surface area contributed by atoms with Gasteiger partial charge in [0.15, 0.2) is 0 Å². The second-order valence-electron chi connectivity index (χ2n) is 6.29. The standard InChI is InChI=1S/C13H22N2S2/c1-12(2,3)9-8-17-11(15-9)13(4,5)10-14-6-7-16-10/h9H,6-8H2,1-5H3/t9-/m1/s1. The lowest BCUT2D eigenvalue weighted by Gasteiger charge is -2.25. The molecule has 2 aliphatic rings. The first-order chi connectivity index (χ1) is 7.82. The van der Waals surface area contributed by atoms with E-state index in [0.29, 0.717) is 6.04 Å². The highest BCUT2D eigenvalue weighted by Crippen LogP contribution is 2.41. The highest BCUT2D eigenvalue weighted by Gasteiger charge is 2.39. The van der Waals surface area contributed by atoms with Gasteiger partial charge >= 0.3 is 0 Å². The van der Waals surface area contributed by atoms with Gasteiger partial charge in [-0.05, 0) is 19.3 Å². The Kier molecular flexibility index (Phi) is 3.66. The summed E-state index contributed by atoms with van der Waals surface area (Å²) < 4.78 is 0. The van der Waals surface area contributed by atoms with Crippen LogP contribution in [0.4, 0.5) is 0 Å². The van der Waals surface area contributed by atoms with Crippen LogP contribution in [0.3, 0.4) is 0 Å². The molecule has 0 spiro atoms. The number of aliphatic imine (C=N–C) groups is 2. The van der Waals surface area contributed by atoms with E-state index >= 15 is 0 Å². The second-order valence-corrected chi connectivity index (χ2v) is 8.38. The van der Waals surface area contributed by atoms with Crippen molar-refractivity contribution in [3.63, 3.8) is 0 Å². The summed E-state index contributed by atoms with van der Waals surface area (Å²) in [5.41, 5.74) is 0.307. The summed E-state index contributed by atoms with van der Waals surface area (Å²) >= 11 is 3.83. The minimum Gasteiger partial charge on any atom is -0.281 e. The van der Waals surface area contributed by atoms with Crippen molar-refractivity contribution in [2.24, 2.45) is 20.8 Å². The number of nitrogens with zero attached hydrogens (tertiary/aromatic N) is 2. The van der Waals surface area contributed by atoms with E-state index in [1.165, 1.54) is 10.1 Å². The van der Waals surface area contributed by atoms with Crippen LogP contribution >= 0.6 is 23.5 Å². The molecule has 2 heterocycles. The van der Waals surface area contributed by atoms with Crippen LogP contribution in [0.2, 0.25) is 0 Å². The van der Waals surface area contributed by atoms with Crippen LogP contribution in [0.15, 0.2) is 9.98 Å². The summed E-state index contributed by atoms with van der Waals surface area (Å²) in [7, 11) is 0. The van der Waals surface area contributed by atoms with E-state index in [2.05, 4.69) is 39.6 Å². The van der Waals surface area contributed by atoms with E-state index in [1.54, 1.807) is 0 Å². The third-order valence-corrected chi connectivity index (χ3v) is 5.98. The Morgan fingerprint density at radius 1 is 1.06 bits per heavy atom. The molecular formula is C13H22N2S2. The van der Waals surface area contributed by atoms with Crippen molar-refractivity contribution in [2.45, 2.75) is 40.7 Å². The van der Waals surface area contributed by atoms with Crippen molar-refractivity contribution in [1.29, 1.82) is 0 Å². The molecule has 0 aromatic heterocycles. The predicted octanol–water partition coefficient (Wildman–Crippen LogP) is 3.72. The Morgan fingerprint density at radius 3 is 2.24 bits per heavy atom. The first-order valence-corrected chi connectivity index (χ1v) is 8.18. The van der Waals surface area contributed by atoms with Crippen molar-refractivity contribution >= 4 is 33.6 Å². The average Bonchev–Trinajstić information content (AvgIpc) is 2.89. The van der Waals surface area contributed by atoms with Crippen molar-refractivity contribution in [3.05, 3.63) is 0 Å². The van der Waals surface area contributed by atoms with Crippen LogP contribution in [0.5, 0.6) is 0 Å². The molecule has 0 saturated carbocycles. The third-order valence-electron chi connectivity index (χ3n) is 3.31. The molecule has 0 unspecified atom stereocenters. The van der Waals surface area contributed by atoms with E-state index in [1.807, 2.05) is 23.5 Å². The predicted molar refractivity (Wildman–Crippen MR) is 81.7 cm³/mol. The van der Waals surface area contributed by atoms with E-state index in [9.17, 15) is 0 Å². The maximum atomic E-state index is 4.96. The molecule has 2 nitrogen and oxygen atoms in total. The fourth-order valence-corrected chi connectivity index (χ4v) is 4.59. The molecule has 0 amide bonds. The van der Waals surface area contributed by atoms with Gasteiger partial charge in [-0.2, -0.15) is 0 Å². The summed E-state index contributed by atoms with van der Waals surface area (Å²) in [6, 6.07) is 0.453. The number of thioether (sulfide) groups is 2. The Hall–Kier alpha value is 0.0400. The zero-order valence-corrected chi connectivity index (χ0v) is 13.0. The lowest BCUT2D eigenvalue weighted by molar-refractivity contribution is 0.348. The summed E-state index contributed by atoms with van der Waals surface area (Å²) in [4.78, 5) is 9.59. The van der Waals surface area contributed by atoms with Gasteiger partial charge in [0.05, 0.1) is 21.5 Å². The molecule has 96 valence electrons. The molecule has 0 saturated heterocycles. The Balaban J connectivity index is 2.18. The lowest BCUT2D eigenvalue weighted by atomic mass is 9.88. The molecule has 0 N–H and O–H groups in total. The molecule has 0 aromatic carbocycles. The molecule has 0 radical (unpaired) electrons.